The van der Waals surface area contributed by atoms with E-state index in [0.717, 1.165) is 32.9 Å². The standard InChI is InChI=1S/C43H25N5S/c1-3-11-26(12-4-1)41-44-42(27-13-5-2-6-14-27)46-43(45-41)48-36-18-10-7-15-30(36)32-23-28(19-20-37(32)48)29-24-33-31-16-8-9-17-35(31)47-38-21-22-49-40(38)34(25-29)39(33)47/h1-25H. The van der Waals surface area contributed by atoms with Crippen LogP contribution >= 0.6 is 11.3 Å². The van der Waals surface area contributed by atoms with Gasteiger partial charge in [0.05, 0.1) is 32.3 Å². The highest BCUT2D eigenvalue weighted by Gasteiger charge is 2.21. The average Bonchev–Trinajstić information content (AvgIpc) is 3.93. The molecule has 11 rings (SSSR count). The molecule has 0 aliphatic carbocycles. The van der Waals surface area contributed by atoms with Crippen molar-refractivity contribution in [1.29, 1.82) is 0 Å². The summed E-state index contributed by atoms with van der Waals surface area (Å²) < 4.78 is 5.96. The predicted octanol–water partition coefficient (Wildman–Crippen LogP) is 11.2. The van der Waals surface area contributed by atoms with Crippen LogP contribution in [0.25, 0.3) is 99.1 Å². The third-order valence-electron chi connectivity index (χ3n) is 9.79. The highest BCUT2D eigenvalue weighted by atomic mass is 32.1. The molecule has 0 atom stereocenters. The molecule has 11 aromatic rings. The van der Waals surface area contributed by atoms with Gasteiger partial charge in [-0.15, -0.1) is 11.3 Å². The van der Waals surface area contributed by atoms with E-state index in [0.29, 0.717) is 17.6 Å². The first-order valence-electron chi connectivity index (χ1n) is 16.4. The van der Waals surface area contributed by atoms with Gasteiger partial charge in [0, 0.05) is 38.1 Å². The second-order valence-corrected chi connectivity index (χ2v) is 13.4. The van der Waals surface area contributed by atoms with E-state index >= 15 is 0 Å². The normalized spacial score (nSPS) is 12.1. The quantitative estimate of drug-likeness (QED) is 0.192. The maximum atomic E-state index is 5.09. The fourth-order valence-corrected chi connectivity index (χ4v) is 8.53. The summed E-state index contributed by atoms with van der Waals surface area (Å²) in [5.41, 5.74) is 10.2. The van der Waals surface area contributed by atoms with Crippen molar-refractivity contribution in [2.24, 2.45) is 0 Å². The van der Waals surface area contributed by atoms with Crippen LogP contribution in [0.1, 0.15) is 0 Å². The number of hydrogen-bond donors (Lipinski definition) is 0. The van der Waals surface area contributed by atoms with E-state index in [2.05, 4.69) is 99.3 Å². The van der Waals surface area contributed by atoms with Crippen LogP contribution < -0.4 is 0 Å². The first kappa shape index (κ1) is 26.7. The number of thiophene rings is 1. The first-order valence-corrected chi connectivity index (χ1v) is 17.2. The molecule has 0 bridgehead atoms. The number of nitrogens with zero attached hydrogens (tertiary/aromatic N) is 5. The molecule has 0 N–H and O–H groups in total. The number of aromatic nitrogens is 5. The van der Waals surface area contributed by atoms with E-state index in [1.54, 1.807) is 0 Å². The Morgan fingerprint density at radius 2 is 1.00 bits per heavy atom. The van der Waals surface area contributed by atoms with Crippen LogP contribution in [-0.2, 0) is 0 Å². The van der Waals surface area contributed by atoms with Crippen LogP contribution in [-0.4, -0.2) is 23.9 Å². The second-order valence-electron chi connectivity index (χ2n) is 12.5. The largest absolute Gasteiger partial charge is 0.307 e. The molecule has 5 aromatic heterocycles. The number of fused-ring (bicyclic) bond motifs is 9. The van der Waals surface area contributed by atoms with Crippen LogP contribution in [0.5, 0.6) is 0 Å². The van der Waals surface area contributed by atoms with Gasteiger partial charge in [-0.25, -0.2) is 4.98 Å². The Morgan fingerprint density at radius 1 is 0.408 bits per heavy atom. The molecule has 49 heavy (non-hydrogen) atoms. The predicted molar refractivity (Wildman–Crippen MR) is 203 cm³/mol. The fraction of sp³-hybridized carbons (Fsp3) is 0. The van der Waals surface area contributed by atoms with E-state index in [9.17, 15) is 0 Å². The van der Waals surface area contributed by atoms with Gasteiger partial charge in [0.25, 0.3) is 0 Å². The van der Waals surface area contributed by atoms with Crippen LogP contribution in [0.2, 0.25) is 0 Å². The SMILES string of the molecule is c1ccc(-c2nc(-c3ccccc3)nc(-n3c4ccccc4c4cc(-c5cc6c7ccccc7n7c8ccsc8c(c5)c67)ccc43)n2)cc1. The zero-order chi connectivity index (χ0) is 32.1. The molecular formula is C43H25N5S. The molecule has 0 aliphatic rings. The molecule has 0 amide bonds. The Morgan fingerprint density at radius 3 is 1.73 bits per heavy atom. The summed E-state index contributed by atoms with van der Waals surface area (Å²) in [5, 5.41) is 8.41. The van der Waals surface area contributed by atoms with Crippen molar-refractivity contribution in [3.63, 3.8) is 0 Å². The molecule has 228 valence electrons. The minimum Gasteiger partial charge on any atom is -0.307 e. The Balaban J connectivity index is 1.16. The monoisotopic (exact) mass is 643 g/mol. The maximum Gasteiger partial charge on any atom is 0.238 e. The lowest BCUT2D eigenvalue weighted by Gasteiger charge is -2.11. The first-order chi connectivity index (χ1) is 24.3. The van der Waals surface area contributed by atoms with Gasteiger partial charge in [-0.3, -0.25) is 4.57 Å². The van der Waals surface area contributed by atoms with Crippen molar-refractivity contribution in [2.75, 3.05) is 0 Å². The Labute approximate surface area is 284 Å². The van der Waals surface area contributed by atoms with Crippen molar-refractivity contribution >= 4 is 70.6 Å². The van der Waals surface area contributed by atoms with Gasteiger partial charge >= 0.3 is 0 Å². The summed E-state index contributed by atoms with van der Waals surface area (Å²) >= 11 is 1.82. The number of benzene rings is 6. The van der Waals surface area contributed by atoms with Crippen molar-refractivity contribution in [2.45, 2.75) is 0 Å². The van der Waals surface area contributed by atoms with Crippen LogP contribution in [0.3, 0.4) is 0 Å². The molecule has 0 radical (unpaired) electrons. The molecule has 0 spiro atoms. The van der Waals surface area contributed by atoms with Gasteiger partial charge in [0.1, 0.15) is 0 Å². The Bertz CT molecular complexity index is 2990. The molecule has 0 fully saturated rings. The van der Waals surface area contributed by atoms with E-state index in [4.69, 9.17) is 15.0 Å². The van der Waals surface area contributed by atoms with Crippen molar-refractivity contribution in [3.05, 3.63) is 151 Å². The van der Waals surface area contributed by atoms with Crippen molar-refractivity contribution in [1.82, 2.24) is 23.9 Å². The van der Waals surface area contributed by atoms with Crippen LogP contribution in [0.4, 0.5) is 0 Å². The topological polar surface area (TPSA) is 48.0 Å². The Kier molecular flexibility index (Phi) is 5.48. The third kappa shape index (κ3) is 3.83. The summed E-state index contributed by atoms with van der Waals surface area (Å²) in [6, 6.07) is 51.4. The van der Waals surface area contributed by atoms with Gasteiger partial charge in [0.15, 0.2) is 11.6 Å². The lowest BCUT2D eigenvalue weighted by molar-refractivity contribution is 0.953. The number of para-hydroxylation sites is 2. The molecule has 5 nitrogen and oxygen atoms in total. The zero-order valence-corrected chi connectivity index (χ0v) is 26.9. The van der Waals surface area contributed by atoms with Gasteiger partial charge < -0.3 is 4.40 Å². The van der Waals surface area contributed by atoms with E-state index < -0.39 is 0 Å². The Hall–Kier alpha value is -6.37. The summed E-state index contributed by atoms with van der Waals surface area (Å²) in [5.74, 6) is 1.88. The van der Waals surface area contributed by atoms with E-state index in [1.807, 2.05) is 72.0 Å². The highest BCUT2D eigenvalue weighted by Crippen LogP contribution is 2.44. The molecule has 0 saturated carbocycles. The summed E-state index contributed by atoms with van der Waals surface area (Å²) in [6.07, 6.45) is 0. The average molecular weight is 644 g/mol. The van der Waals surface area contributed by atoms with Crippen molar-refractivity contribution < 1.29 is 0 Å². The molecule has 5 heterocycles. The molecule has 0 saturated heterocycles. The second kappa shape index (κ2) is 10.1. The minimum atomic E-state index is 0.597. The number of rotatable bonds is 4. The molecule has 0 aliphatic heterocycles. The lowest BCUT2D eigenvalue weighted by Crippen LogP contribution is -2.06. The number of hydrogen-bond acceptors (Lipinski definition) is 4. The van der Waals surface area contributed by atoms with Crippen molar-refractivity contribution in [3.8, 4) is 39.9 Å². The van der Waals surface area contributed by atoms with E-state index in [1.165, 1.54) is 48.5 Å². The maximum absolute atomic E-state index is 5.09. The molecule has 0 unspecified atom stereocenters. The molecule has 6 aromatic carbocycles. The third-order valence-corrected chi connectivity index (χ3v) is 10.7. The van der Waals surface area contributed by atoms with Gasteiger partial charge in [-0.05, 0) is 59.0 Å². The highest BCUT2D eigenvalue weighted by molar-refractivity contribution is 7.18. The molecular weight excluding hydrogens is 619 g/mol. The molecule has 6 heteroatoms. The van der Waals surface area contributed by atoms with Crippen LogP contribution in [0.15, 0.2) is 151 Å². The summed E-state index contributed by atoms with van der Waals surface area (Å²) in [4.78, 5) is 15.1. The smallest absolute Gasteiger partial charge is 0.238 e. The van der Waals surface area contributed by atoms with Gasteiger partial charge in [-0.1, -0.05) is 103 Å². The van der Waals surface area contributed by atoms with E-state index in [-0.39, 0.29) is 0 Å². The fourth-order valence-electron chi connectivity index (χ4n) is 7.63. The van der Waals surface area contributed by atoms with Crippen LogP contribution in [0, 0.1) is 0 Å². The zero-order valence-electron chi connectivity index (χ0n) is 26.1. The van der Waals surface area contributed by atoms with Gasteiger partial charge in [-0.2, -0.15) is 9.97 Å². The minimum absolute atomic E-state index is 0.597. The summed E-state index contributed by atoms with van der Waals surface area (Å²) in [6.45, 7) is 0. The summed E-state index contributed by atoms with van der Waals surface area (Å²) in [7, 11) is 0. The lowest BCUT2D eigenvalue weighted by atomic mass is 9.99. The van der Waals surface area contributed by atoms with Gasteiger partial charge in [0.2, 0.25) is 5.95 Å².